The third-order valence-corrected chi connectivity index (χ3v) is 0.812. The summed E-state index contributed by atoms with van der Waals surface area (Å²) in [5, 5.41) is 2.17. The van der Waals surface area contributed by atoms with Crippen LogP contribution in [0.25, 0.3) is 0 Å². The number of nitrogens with zero attached hydrogens (tertiary/aromatic N) is 2. The van der Waals surface area contributed by atoms with E-state index < -0.39 is 5.91 Å². The van der Waals surface area contributed by atoms with E-state index in [1.54, 1.807) is 0 Å². The van der Waals surface area contributed by atoms with E-state index in [2.05, 4.69) is 15.1 Å². The Morgan fingerprint density at radius 1 is 1.78 bits per heavy atom. The van der Waals surface area contributed by atoms with E-state index in [0.717, 1.165) is 0 Å². The van der Waals surface area contributed by atoms with Gasteiger partial charge in [-0.25, -0.2) is 4.98 Å². The molecule has 0 saturated heterocycles. The lowest BCUT2D eigenvalue weighted by Gasteiger charge is -1.77. The van der Waals surface area contributed by atoms with E-state index >= 15 is 0 Å². The summed E-state index contributed by atoms with van der Waals surface area (Å²) in [4.78, 5) is 25.8. The quantitative estimate of drug-likeness (QED) is 0.549. The summed E-state index contributed by atoms with van der Waals surface area (Å²) in [6.45, 7) is 0. The molecule has 5 nitrogen and oxygen atoms in total. The highest BCUT2D eigenvalue weighted by molar-refractivity contribution is 5.92. The van der Waals surface area contributed by atoms with Crippen molar-refractivity contribution in [1.82, 2.24) is 9.97 Å². The van der Waals surface area contributed by atoms with Gasteiger partial charge >= 0.3 is 5.91 Å². The van der Waals surface area contributed by atoms with Crippen molar-refractivity contribution < 1.29 is 4.79 Å². The Morgan fingerprint density at radius 3 is 3.00 bits per heavy atom. The summed E-state index contributed by atoms with van der Waals surface area (Å²) in [6.07, 6.45) is 2.54. The molecule has 0 fully saturated rings. The first-order valence-corrected chi connectivity index (χ1v) is 2.20. The molecule has 1 amide bonds. The van der Waals surface area contributed by atoms with Crippen molar-refractivity contribution >= 4 is 5.91 Å². The predicted molar refractivity (Wildman–Crippen MR) is 28.7 cm³/mol. The summed E-state index contributed by atoms with van der Waals surface area (Å²) >= 11 is 0. The highest BCUT2D eigenvalue weighted by Gasteiger charge is 2.04. The predicted octanol–water partition coefficient (Wildman–Crippen LogP) is 0.316. The fourth-order valence-electron chi connectivity index (χ4n) is 0.422. The SMILES string of the molecule is O=NC(=O)c1cnc[nH]1. The summed E-state index contributed by atoms with van der Waals surface area (Å²) in [5.74, 6) is -0.826. The van der Waals surface area contributed by atoms with E-state index in [4.69, 9.17) is 0 Å². The van der Waals surface area contributed by atoms with Gasteiger partial charge in [0.1, 0.15) is 5.69 Å². The first-order chi connectivity index (χ1) is 4.34. The number of amides is 1. The number of nitrogens with one attached hydrogen (secondary N) is 1. The Kier molecular flexibility index (Phi) is 1.35. The molecule has 0 spiro atoms. The van der Waals surface area contributed by atoms with Crippen LogP contribution >= 0.6 is 0 Å². The Labute approximate surface area is 50.1 Å². The van der Waals surface area contributed by atoms with Crippen LogP contribution in [0, 0.1) is 4.91 Å². The number of carbonyl (C=O) groups is 1. The first kappa shape index (κ1) is 5.61. The molecule has 0 bridgehead atoms. The minimum Gasteiger partial charge on any atom is -0.340 e. The third kappa shape index (κ3) is 0.987. The number of hydrogen-bond donors (Lipinski definition) is 1. The standard InChI is InChI=1S/C4H3N3O2/c8-4(7-9)3-1-5-2-6-3/h1-2H,(H,5,6). The molecule has 0 aliphatic carbocycles. The van der Waals surface area contributed by atoms with E-state index in [9.17, 15) is 9.70 Å². The second-order valence-electron chi connectivity index (χ2n) is 1.36. The Bertz CT molecular complexity index is 216. The van der Waals surface area contributed by atoms with Crippen LogP contribution in [0.1, 0.15) is 10.5 Å². The highest BCUT2D eigenvalue weighted by Crippen LogP contribution is 1.91. The van der Waals surface area contributed by atoms with E-state index in [1.165, 1.54) is 12.5 Å². The lowest BCUT2D eigenvalue weighted by Crippen LogP contribution is -1.91. The molecule has 1 aromatic rings. The Morgan fingerprint density at radius 2 is 2.56 bits per heavy atom. The van der Waals surface area contributed by atoms with Crippen LogP contribution in [0.2, 0.25) is 0 Å². The minimum atomic E-state index is -0.826. The number of hydrogen-bond acceptors (Lipinski definition) is 3. The zero-order valence-electron chi connectivity index (χ0n) is 4.37. The van der Waals surface area contributed by atoms with Gasteiger partial charge in [0.2, 0.25) is 0 Å². The maximum atomic E-state index is 10.3. The number of H-pyrrole nitrogens is 1. The second-order valence-corrected chi connectivity index (χ2v) is 1.36. The van der Waals surface area contributed by atoms with Crippen LogP contribution in [0.4, 0.5) is 0 Å². The molecule has 0 atom stereocenters. The van der Waals surface area contributed by atoms with Gasteiger partial charge in [0.05, 0.1) is 12.5 Å². The van der Waals surface area contributed by atoms with Crippen LogP contribution in [-0.4, -0.2) is 15.9 Å². The van der Waals surface area contributed by atoms with Crippen molar-refractivity contribution in [3.63, 3.8) is 0 Å². The maximum absolute atomic E-state index is 10.3. The van der Waals surface area contributed by atoms with E-state index in [0.29, 0.717) is 0 Å². The molecule has 0 aromatic carbocycles. The highest BCUT2D eigenvalue weighted by atomic mass is 16.3. The van der Waals surface area contributed by atoms with Gasteiger partial charge in [-0.2, -0.15) is 0 Å². The summed E-state index contributed by atoms with van der Waals surface area (Å²) in [6, 6.07) is 0. The smallest absolute Gasteiger partial charge is 0.334 e. The average Bonchev–Trinajstić information content (AvgIpc) is 2.37. The molecular weight excluding hydrogens is 122 g/mol. The molecule has 1 aromatic heterocycles. The molecule has 0 saturated carbocycles. The molecule has 1 rings (SSSR count). The van der Waals surface area contributed by atoms with Crippen LogP contribution < -0.4 is 0 Å². The molecule has 0 aliphatic rings. The topological polar surface area (TPSA) is 75.2 Å². The van der Waals surface area contributed by atoms with Gasteiger partial charge < -0.3 is 4.98 Å². The molecule has 9 heavy (non-hydrogen) atoms. The molecule has 0 unspecified atom stereocenters. The minimum absolute atomic E-state index is 0.116. The van der Waals surface area contributed by atoms with Crippen LogP contribution in [-0.2, 0) is 0 Å². The van der Waals surface area contributed by atoms with Crippen molar-refractivity contribution in [3.8, 4) is 0 Å². The molecule has 1 N–H and O–H groups in total. The summed E-state index contributed by atoms with van der Waals surface area (Å²) in [7, 11) is 0. The van der Waals surface area contributed by atoms with Crippen molar-refractivity contribution in [3.05, 3.63) is 23.1 Å². The lowest BCUT2D eigenvalue weighted by atomic mass is 10.5. The number of rotatable bonds is 1. The Balaban J connectivity index is 2.89. The number of imidazole rings is 1. The monoisotopic (exact) mass is 125 g/mol. The molecule has 1 heterocycles. The molecule has 5 heteroatoms. The number of carbonyl (C=O) groups excluding carboxylic acids is 1. The second kappa shape index (κ2) is 2.17. The maximum Gasteiger partial charge on any atom is 0.334 e. The van der Waals surface area contributed by atoms with Gasteiger partial charge in [0.15, 0.2) is 0 Å². The van der Waals surface area contributed by atoms with Gasteiger partial charge in [-0.1, -0.05) is 0 Å². The number of nitroso groups, excluding NO2 is 1. The largest absolute Gasteiger partial charge is 0.340 e. The van der Waals surface area contributed by atoms with Crippen molar-refractivity contribution in [2.45, 2.75) is 0 Å². The fraction of sp³-hybridized carbons (Fsp3) is 0. The van der Waals surface area contributed by atoms with Gasteiger partial charge in [0.25, 0.3) is 0 Å². The molecule has 46 valence electrons. The van der Waals surface area contributed by atoms with Gasteiger partial charge in [0, 0.05) is 5.18 Å². The first-order valence-electron chi connectivity index (χ1n) is 2.20. The average molecular weight is 125 g/mol. The van der Waals surface area contributed by atoms with Crippen molar-refractivity contribution in [2.75, 3.05) is 0 Å². The van der Waals surface area contributed by atoms with Crippen molar-refractivity contribution in [1.29, 1.82) is 0 Å². The van der Waals surface area contributed by atoms with E-state index in [1.807, 2.05) is 0 Å². The third-order valence-electron chi connectivity index (χ3n) is 0.812. The number of aromatic amines is 1. The normalized spacial score (nSPS) is 8.89. The van der Waals surface area contributed by atoms with Gasteiger partial charge in [-0.15, -0.1) is 4.91 Å². The van der Waals surface area contributed by atoms with Crippen LogP contribution in [0.5, 0.6) is 0 Å². The van der Waals surface area contributed by atoms with Crippen molar-refractivity contribution in [2.24, 2.45) is 5.18 Å². The summed E-state index contributed by atoms with van der Waals surface area (Å²) in [5.41, 5.74) is 0.116. The van der Waals surface area contributed by atoms with Crippen LogP contribution in [0.3, 0.4) is 0 Å². The molecule has 0 radical (unpaired) electrons. The van der Waals surface area contributed by atoms with Gasteiger partial charge in [-0.05, 0) is 0 Å². The fourth-order valence-corrected chi connectivity index (χ4v) is 0.422. The van der Waals surface area contributed by atoms with E-state index in [-0.39, 0.29) is 5.69 Å². The number of aromatic nitrogens is 2. The molecule has 0 aliphatic heterocycles. The zero-order chi connectivity index (χ0) is 6.69. The van der Waals surface area contributed by atoms with Gasteiger partial charge in [-0.3, -0.25) is 4.79 Å². The Hall–Kier alpha value is -1.52. The lowest BCUT2D eigenvalue weighted by molar-refractivity contribution is 0.0996. The molecular formula is C4H3N3O2. The van der Waals surface area contributed by atoms with Crippen LogP contribution in [0.15, 0.2) is 17.7 Å². The zero-order valence-corrected chi connectivity index (χ0v) is 4.37. The summed E-state index contributed by atoms with van der Waals surface area (Å²) < 4.78 is 0.